The zero-order valence-corrected chi connectivity index (χ0v) is 12.1. The van der Waals surface area contributed by atoms with Crippen molar-refractivity contribution in [3.8, 4) is 11.4 Å². The first-order valence-corrected chi connectivity index (χ1v) is 7.70. The van der Waals surface area contributed by atoms with Crippen molar-refractivity contribution >= 4 is 0 Å². The van der Waals surface area contributed by atoms with E-state index in [0.717, 1.165) is 24.0 Å². The second kappa shape index (κ2) is 5.48. The summed E-state index contributed by atoms with van der Waals surface area (Å²) >= 11 is 0. The normalized spacial score (nSPS) is 27.7. The summed E-state index contributed by atoms with van der Waals surface area (Å²) in [5, 5.41) is 4.12. The molecule has 0 radical (unpaired) electrons. The van der Waals surface area contributed by atoms with Crippen LogP contribution >= 0.6 is 0 Å². The van der Waals surface area contributed by atoms with Gasteiger partial charge < -0.3 is 4.74 Å². The maximum absolute atomic E-state index is 5.98. The fourth-order valence-corrected chi connectivity index (χ4v) is 3.49. The van der Waals surface area contributed by atoms with Crippen LogP contribution in [0.15, 0.2) is 36.9 Å². The van der Waals surface area contributed by atoms with E-state index in [1.165, 1.54) is 38.7 Å². The van der Waals surface area contributed by atoms with Gasteiger partial charge in [-0.3, -0.25) is 4.90 Å². The van der Waals surface area contributed by atoms with Crippen LogP contribution in [-0.4, -0.2) is 45.4 Å². The largest absolute Gasteiger partial charge is 0.492 e. The summed E-state index contributed by atoms with van der Waals surface area (Å²) in [5.74, 6) is 1.86. The van der Waals surface area contributed by atoms with E-state index in [1.807, 2.05) is 24.3 Å². The Morgan fingerprint density at radius 1 is 1.14 bits per heavy atom. The summed E-state index contributed by atoms with van der Waals surface area (Å²) in [6.45, 7) is 3.31. The average molecular weight is 284 g/mol. The van der Waals surface area contributed by atoms with Crippen LogP contribution in [-0.2, 0) is 0 Å². The van der Waals surface area contributed by atoms with Gasteiger partial charge >= 0.3 is 0 Å². The second-order valence-electron chi connectivity index (χ2n) is 6.01. The molecular formula is C16H20N4O. The van der Waals surface area contributed by atoms with Gasteiger partial charge in [0, 0.05) is 6.04 Å². The first kappa shape index (κ1) is 12.8. The van der Waals surface area contributed by atoms with Crippen molar-refractivity contribution in [3.63, 3.8) is 0 Å². The minimum absolute atomic E-state index is 0.604. The Kier molecular flexibility index (Phi) is 3.35. The Bertz CT molecular complexity index is 573. The summed E-state index contributed by atoms with van der Waals surface area (Å²) in [6.07, 6.45) is 7.29. The third kappa shape index (κ3) is 2.65. The van der Waals surface area contributed by atoms with Crippen LogP contribution in [0.2, 0.25) is 0 Å². The summed E-state index contributed by atoms with van der Waals surface area (Å²) in [5.41, 5.74) is 1.00. The Balaban J connectivity index is 1.37. The molecule has 0 spiro atoms. The number of aromatic nitrogens is 3. The molecule has 3 fully saturated rings. The molecule has 5 rings (SSSR count). The average Bonchev–Trinajstić information content (AvgIpc) is 3.09. The summed E-state index contributed by atoms with van der Waals surface area (Å²) in [6, 6.07) is 8.64. The van der Waals surface area contributed by atoms with Gasteiger partial charge in [-0.1, -0.05) is 0 Å². The van der Waals surface area contributed by atoms with Gasteiger partial charge in [0.05, 0.1) is 5.69 Å². The van der Waals surface area contributed by atoms with Crippen molar-refractivity contribution in [2.75, 3.05) is 19.7 Å². The topological polar surface area (TPSA) is 43.2 Å². The zero-order valence-electron chi connectivity index (χ0n) is 12.1. The maximum atomic E-state index is 5.98. The lowest BCUT2D eigenvalue weighted by Gasteiger charge is -2.45. The molecule has 3 aliphatic heterocycles. The van der Waals surface area contributed by atoms with Crippen molar-refractivity contribution in [2.24, 2.45) is 5.92 Å². The molecular weight excluding hydrogens is 264 g/mol. The third-order valence-electron chi connectivity index (χ3n) is 4.73. The SMILES string of the molecule is c1ncn(-c2ccc(OCC3CC4CCN3CC4)cc2)n1. The minimum Gasteiger partial charge on any atom is -0.492 e. The van der Waals surface area contributed by atoms with Crippen LogP contribution < -0.4 is 4.74 Å². The van der Waals surface area contributed by atoms with Crippen molar-refractivity contribution in [1.82, 2.24) is 19.7 Å². The Morgan fingerprint density at radius 2 is 1.95 bits per heavy atom. The molecule has 0 N–H and O–H groups in total. The van der Waals surface area contributed by atoms with Gasteiger partial charge in [0.15, 0.2) is 0 Å². The lowest BCUT2D eigenvalue weighted by molar-refractivity contribution is 0.0238. The summed E-state index contributed by atoms with van der Waals surface area (Å²) in [4.78, 5) is 6.54. The first-order chi connectivity index (χ1) is 10.4. The van der Waals surface area contributed by atoms with E-state index < -0.39 is 0 Å². The van der Waals surface area contributed by atoms with Crippen LogP contribution in [0, 0.1) is 5.92 Å². The number of nitrogens with zero attached hydrogens (tertiary/aromatic N) is 4. The Morgan fingerprint density at radius 3 is 2.57 bits per heavy atom. The lowest BCUT2D eigenvalue weighted by atomic mass is 9.83. The molecule has 2 bridgehead atoms. The van der Waals surface area contributed by atoms with E-state index in [0.29, 0.717) is 6.04 Å². The van der Waals surface area contributed by atoms with E-state index in [9.17, 15) is 0 Å². The minimum atomic E-state index is 0.604. The standard InChI is InChI=1S/C16H20N4O/c1-3-16(4-2-14(1)20-12-17-11-18-20)21-10-15-9-13-5-7-19(15)8-6-13/h1-4,11-13,15H,5-10H2. The van der Waals surface area contributed by atoms with Gasteiger partial charge in [0.25, 0.3) is 0 Å². The molecule has 0 aliphatic carbocycles. The Hall–Kier alpha value is -1.88. The molecule has 1 aromatic heterocycles. The van der Waals surface area contributed by atoms with Gasteiger partial charge in [-0.2, -0.15) is 5.10 Å². The van der Waals surface area contributed by atoms with Crippen LogP contribution in [0.4, 0.5) is 0 Å². The molecule has 3 saturated heterocycles. The zero-order chi connectivity index (χ0) is 14.1. The monoisotopic (exact) mass is 284 g/mol. The molecule has 21 heavy (non-hydrogen) atoms. The highest BCUT2D eigenvalue weighted by atomic mass is 16.5. The number of ether oxygens (including phenoxy) is 1. The molecule has 5 nitrogen and oxygen atoms in total. The molecule has 5 heteroatoms. The van der Waals surface area contributed by atoms with Gasteiger partial charge in [0.2, 0.25) is 0 Å². The van der Waals surface area contributed by atoms with Gasteiger partial charge in [-0.05, 0) is 62.5 Å². The third-order valence-corrected chi connectivity index (χ3v) is 4.73. The summed E-state index contributed by atoms with van der Waals surface area (Å²) < 4.78 is 7.73. The molecule has 4 heterocycles. The van der Waals surface area contributed by atoms with Crippen LogP contribution in [0.3, 0.4) is 0 Å². The quantitative estimate of drug-likeness (QED) is 0.862. The van der Waals surface area contributed by atoms with E-state index in [-0.39, 0.29) is 0 Å². The molecule has 1 aromatic carbocycles. The number of fused-ring (bicyclic) bond motifs is 3. The Labute approximate surface area is 124 Å². The van der Waals surface area contributed by atoms with E-state index in [4.69, 9.17) is 4.74 Å². The van der Waals surface area contributed by atoms with E-state index in [2.05, 4.69) is 15.0 Å². The smallest absolute Gasteiger partial charge is 0.138 e. The van der Waals surface area contributed by atoms with Crippen LogP contribution in [0.5, 0.6) is 5.75 Å². The number of hydrogen-bond donors (Lipinski definition) is 0. The van der Waals surface area contributed by atoms with Crippen molar-refractivity contribution in [2.45, 2.75) is 25.3 Å². The van der Waals surface area contributed by atoms with Crippen molar-refractivity contribution in [1.29, 1.82) is 0 Å². The predicted octanol–water partition coefficient (Wildman–Crippen LogP) is 2.13. The maximum Gasteiger partial charge on any atom is 0.138 e. The predicted molar refractivity (Wildman–Crippen MR) is 79.6 cm³/mol. The molecule has 1 atom stereocenters. The summed E-state index contributed by atoms with van der Waals surface area (Å²) in [7, 11) is 0. The molecule has 1 unspecified atom stereocenters. The molecule has 0 amide bonds. The first-order valence-electron chi connectivity index (χ1n) is 7.70. The molecule has 110 valence electrons. The van der Waals surface area contributed by atoms with Crippen molar-refractivity contribution in [3.05, 3.63) is 36.9 Å². The highest BCUT2D eigenvalue weighted by molar-refractivity contribution is 5.36. The van der Waals surface area contributed by atoms with Crippen molar-refractivity contribution < 1.29 is 4.74 Å². The number of benzene rings is 1. The second-order valence-corrected chi connectivity index (χ2v) is 6.01. The number of piperidine rings is 3. The van der Waals surface area contributed by atoms with Crippen LogP contribution in [0.25, 0.3) is 5.69 Å². The fourth-order valence-electron chi connectivity index (χ4n) is 3.49. The van der Waals surface area contributed by atoms with Crippen LogP contribution in [0.1, 0.15) is 19.3 Å². The highest BCUT2D eigenvalue weighted by Gasteiger charge is 2.33. The number of rotatable bonds is 4. The van der Waals surface area contributed by atoms with Gasteiger partial charge in [0.1, 0.15) is 25.0 Å². The van der Waals surface area contributed by atoms with E-state index >= 15 is 0 Å². The highest BCUT2D eigenvalue weighted by Crippen LogP contribution is 2.32. The fraction of sp³-hybridized carbons (Fsp3) is 0.500. The molecule has 0 saturated carbocycles. The number of hydrogen-bond acceptors (Lipinski definition) is 4. The molecule has 3 aliphatic rings. The van der Waals surface area contributed by atoms with Gasteiger partial charge in [-0.15, -0.1) is 0 Å². The lowest BCUT2D eigenvalue weighted by Crippen LogP contribution is -2.51. The molecule has 2 aromatic rings. The van der Waals surface area contributed by atoms with E-state index in [1.54, 1.807) is 11.0 Å². The van der Waals surface area contributed by atoms with Gasteiger partial charge in [-0.25, -0.2) is 9.67 Å².